The predicted molar refractivity (Wildman–Crippen MR) is 107 cm³/mol. The number of halogens is 1. The highest BCUT2D eigenvalue weighted by Gasteiger charge is 2.22. The van der Waals surface area contributed by atoms with Gasteiger partial charge in [0.2, 0.25) is 0 Å². The Morgan fingerprint density at radius 2 is 2.27 bits per heavy atom. The Labute approximate surface area is 155 Å². The minimum absolute atomic E-state index is 0. The zero-order chi connectivity index (χ0) is 15.1. The summed E-state index contributed by atoms with van der Waals surface area (Å²) < 4.78 is 0. The molecule has 1 aromatic rings. The molecule has 0 spiro atoms. The van der Waals surface area contributed by atoms with Gasteiger partial charge < -0.3 is 10.6 Å². The zero-order valence-electron chi connectivity index (χ0n) is 13.8. The summed E-state index contributed by atoms with van der Waals surface area (Å²) in [6, 6.07) is 5.47. The zero-order valence-corrected chi connectivity index (χ0v) is 17.0. The normalized spacial score (nSPS) is 21.0. The maximum Gasteiger partial charge on any atom is 0.191 e. The topological polar surface area (TPSA) is 39.7 Å². The molecule has 2 heterocycles. The predicted octanol–water partition coefficient (Wildman–Crippen LogP) is 3.29. The van der Waals surface area contributed by atoms with Crippen LogP contribution in [0, 0.1) is 0 Å². The standard InChI is InChI=1S/C16H28N4S.HI/c1-13-7-4-5-9-20(13)14(2)11-18-16(17-3)19-12-15-8-6-10-21-15;/h6,8,10,13-14H,4-5,7,9,11-12H2,1-3H3,(H2,17,18,19);1H. The highest BCUT2D eigenvalue weighted by molar-refractivity contribution is 14.0. The van der Waals surface area contributed by atoms with E-state index in [9.17, 15) is 0 Å². The van der Waals surface area contributed by atoms with E-state index < -0.39 is 0 Å². The third-order valence-corrected chi connectivity index (χ3v) is 5.10. The van der Waals surface area contributed by atoms with Gasteiger partial charge >= 0.3 is 0 Å². The lowest BCUT2D eigenvalue weighted by atomic mass is 10.0. The SMILES string of the molecule is CN=C(NCc1cccs1)NCC(C)N1CCCCC1C.I. The number of likely N-dealkylation sites (tertiary alicyclic amines) is 1. The lowest BCUT2D eigenvalue weighted by molar-refractivity contribution is 0.115. The van der Waals surface area contributed by atoms with Crippen molar-refractivity contribution in [3.63, 3.8) is 0 Å². The molecular weight excluding hydrogens is 407 g/mol. The van der Waals surface area contributed by atoms with Gasteiger partial charge in [-0.1, -0.05) is 12.5 Å². The second-order valence-electron chi connectivity index (χ2n) is 5.82. The summed E-state index contributed by atoms with van der Waals surface area (Å²) in [5.74, 6) is 0.889. The Kier molecular flexibility index (Phi) is 9.35. The Morgan fingerprint density at radius 3 is 2.91 bits per heavy atom. The number of guanidine groups is 1. The number of hydrogen-bond donors (Lipinski definition) is 2. The molecule has 6 heteroatoms. The van der Waals surface area contributed by atoms with Crippen molar-refractivity contribution in [3.05, 3.63) is 22.4 Å². The van der Waals surface area contributed by atoms with E-state index in [1.165, 1.54) is 30.7 Å². The minimum atomic E-state index is 0. The van der Waals surface area contributed by atoms with Crippen LogP contribution in [0.1, 0.15) is 38.0 Å². The van der Waals surface area contributed by atoms with Crippen LogP contribution in [0.5, 0.6) is 0 Å². The molecule has 22 heavy (non-hydrogen) atoms. The quantitative estimate of drug-likeness (QED) is 0.423. The largest absolute Gasteiger partial charge is 0.355 e. The first kappa shape index (κ1) is 19.7. The van der Waals surface area contributed by atoms with Crippen molar-refractivity contribution in [1.82, 2.24) is 15.5 Å². The van der Waals surface area contributed by atoms with Gasteiger partial charge in [-0.25, -0.2) is 0 Å². The summed E-state index contributed by atoms with van der Waals surface area (Å²) >= 11 is 1.77. The molecule has 0 bridgehead atoms. The highest BCUT2D eigenvalue weighted by atomic mass is 127. The first-order valence-corrected chi connectivity index (χ1v) is 8.81. The fourth-order valence-electron chi connectivity index (χ4n) is 2.94. The number of rotatable bonds is 5. The average molecular weight is 436 g/mol. The summed E-state index contributed by atoms with van der Waals surface area (Å²) in [6.45, 7) is 7.66. The molecule has 2 atom stereocenters. The lowest BCUT2D eigenvalue weighted by Crippen LogP contribution is -2.50. The molecule has 2 N–H and O–H groups in total. The molecule has 2 unspecified atom stereocenters. The van der Waals surface area contributed by atoms with Gasteiger partial charge in [-0.15, -0.1) is 35.3 Å². The maximum absolute atomic E-state index is 4.30. The van der Waals surface area contributed by atoms with Crippen molar-refractivity contribution < 1.29 is 0 Å². The number of piperidine rings is 1. The smallest absolute Gasteiger partial charge is 0.191 e. The van der Waals surface area contributed by atoms with Crippen molar-refractivity contribution in [1.29, 1.82) is 0 Å². The third-order valence-electron chi connectivity index (χ3n) is 4.22. The van der Waals surface area contributed by atoms with E-state index in [2.05, 4.69) is 51.9 Å². The van der Waals surface area contributed by atoms with Gasteiger partial charge in [0.1, 0.15) is 0 Å². The molecule has 1 aromatic heterocycles. The molecule has 1 aliphatic rings. The molecule has 126 valence electrons. The van der Waals surface area contributed by atoms with Crippen LogP contribution in [0.25, 0.3) is 0 Å². The van der Waals surface area contributed by atoms with Crippen molar-refractivity contribution in [2.24, 2.45) is 4.99 Å². The summed E-state index contributed by atoms with van der Waals surface area (Å²) in [7, 11) is 1.83. The summed E-state index contributed by atoms with van der Waals surface area (Å²) in [5.41, 5.74) is 0. The fraction of sp³-hybridized carbons (Fsp3) is 0.688. The molecular formula is C16H29IN4S. The van der Waals surface area contributed by atoms with Gasteiger partial charge in [-0.05, 0) is 44.7 Å². The first-order valence-electron chi connectivity index (χ1n) is 7.93. The number of nitrogens with one attached hydrogen (secondary N) is 2. The van der Waals surface area contributed by atoms with Gasteiger partial charge in [0.25, 0.3) is 0 Å². The van der Waals surface area contributed by atoms with E-state index in [1.54, 1.807) is 11.3 Å². The van der Waals surface area contributed by atoms with Crippen LogP contribution in [0.15, 0.2) is 22.5 Å². The van der Waals surface area contributed by atoms with Crippen LogP contribution in [0.3, 0.4) is 0 Å². The monoisotopic (exact) mass is 436 g/mol. The minimum Gasteiger partial charge on any atom is -0.355 e. The number of nitrogens with zero attached hydrogens (tertiary/aromatic N) is 2. The van der Waals surface area contributed by atoms with Crippen LogP contribution in [0.2, 0.25) is 0 Å². The average Bonchev–Trinajstić information content (AvgIpc) is 3.01. The molecule has 0 aliphatic carbocycles. The van der Waals surface area contributed by atoms with Gasteiger partial charge in [0.05, 0.1) is 6.54 Å². The Balaban J connectivity index is 0.00000242. The second kappa shape index (κ2) is 10.4. The van der Waals surface area contributed by atoms with E-state index >= 15 is 0 Å². The highest BCUT2D eigenvalue weighted by Crippen LogP contribution is 2.18. The Morgan fingerprint density at radius 1 is 1.45 bits per heavy atom. The molecule has 0 aromatic carbocycles. The molecule has 1 fully saturated rings. The third kappa shape index (κ3) is 6.04. The number of hydrogen-bond acceptors (Lipinski definition) is 3. The van der Waals surface area contributed by atoms with Gasteiger partial charge in [0, 0.05) is 30.6 Å². The van der Waals surface area contributed by atoms with E-state index in [1.807, 2.05) is 7.05 Å². The van der Waals surface area contributed by atoms with Crippen molar-refractivity contribution in [2.75, 3.05) is 20.1 Å². The summed E-state index contributed by atoms with van der Waals surface area (Å²) in [5, 5.41) is 8.93. The van der Waals surface area contributed by atoms with Crippen molar-refractivity contribution in [3.8, 4) is 0 Å². The summed E-state index contributed by atoms with van der Waals surface area (Å²) in [4.78, 5) is 8.25. The first-order chi connectivity index (χ1) is 10.2. The van der Waals surface area contributed by atoms with Crippen molar-refractivity contribution >= 4 is 41.3 Å². The molecule has 4 nitrogen and oxygen atoms in total. The van der Waals surface area contributed by atoms with Crippen LogP contribution in [-0.2, 0) is 6.54 Å². The van der Waals surface area contributed by atoms with Crippen LogP contribution < -0.4 is 10.6 Å². The van der Waals surface area contributed by atoms with E-state index in [-0.39, 0.29) is 24.0 Å². The van der Waals surface area contributed by atoms with Crippen molar-refractivity contribution in [2.45, 2.75) is 51.7 Å². The van der Waals surface area contributed by atoms with E-state index in [0.717, 1.165) is 19.0 Å². The molecule has 2 rings (SSSR count). The number of thiophene rings is 1. The van der Waals surface area contributed by atoms with Crippen LogP contribution in [-0.4, -0.2) is 43.1 Å². The Bertz CT molecular complexity index is 435. The molecule has 1 saturated heterocycles. The molecule has 0 amide bonds. The second-order valence-corrected chi connectivity index (χ2v) is 6.85. The summed E-state index contributed by atoms with van der Waals surface area (Å²) in [6.07, 6.45) is 4.04. The van der Waals surface area contributed by atoms with Gasteiger partial charge in [0.15, 0.2) is 5.96 Å². The molecule has 0 radical (unpaired) electrons. The number of aliphatic imine (C=N–C) groups is 1. The molecule has 1 aliphatic heterocycles. The lowest BCUT2D eigenvalue weighted by Gasteiger charge is -2.38. The molecule has 0 saturated carbocycles. The van der Waals surface area contributed by atoms with Gasteiger partial charge in [-0.3, -0.25) is 9.89 Å². The van der Waals surface area contributed by atoms with E-state index in [0.29, 0.717) is 12.1 Å². The van der Waals surface area contributed by atoms with Crippen LogP contribution in [0.4, 0.5) is 0 Å². The van der Waals surface area contributed by atoms with E-state index in [4.69, 9.17) is 0 Å². The Hall–Kier alpha value is -0.340. The van der Waals surface area contributed by atoms with Gasteiger partial charge in [-0.2, -0.15) is 0 Å². The maximum atomic E-state index is 4.30. The van der Waals surface area contributed by atoms with Crippen LogP contribution >= 0.6 is 35.3 Å². The fourth-order valence-corrected chi connectivity index (χ4v) is 3.59.